The molecule has 0 bridgehead atoms. The van der Waals surface area contributed by atoms with Gasteiger partial charge in [-0.1, -0.05) is 0 Å². The van der Waals surface area contributed by atoms with Crippen LogP contribution in [0.15, 0.2) is 17.3 Å². The predicted octanol–water partition coefficient (Wildman–Crippen LogP) is 1.52. The molecule has 0 fully saturated rings. The van der Waals surface area contributed by atoms with Crippen LogP contribution in [0.25, 0.3) is 0 Å². The maximum absolute atomic E-state index is 12.0. The highest BCUT2D eigenvalue weighted by molar-refractivity contribution is 5.91. The third-order valence-electron chi connectivity index (χ3n) is 2.57. The summed E-state index contributed by atoms with van der Waals surface area (Å²) in [5.74, 6) is -0.318. The number of unbranched alkanes of at least 4 members (excludes halogenated alkanes) is 1. The van der Waals surface area contributed by atoms with Gasteiger partial charge in [-0.15, -0.1) is 0 Å². The van der Waals surface area contributed by atoms with Crippen LogP contribution < -0.4 is 11.1 Å². The van der Waals surface area contributed by atoms with Crippen molar-refractivity contribution in [3.63, 3.8) is 0 Å². The number of aryl methyl sites for hydroxylation is 1. The smallest absolute Gasteiger partial charge is 0.408 e. The van der Waals surface area contributed by atoms with Crippen molar-refractivity contribution in [1.29, 1.82) is 0 Å². The number of carbonyl (C=O) groups excluding carboxylic acids is 1. The molecule has 0 amide bonds. The molecule has 0 unspecified atom stereocenters. The van der Waals surface area contributed by atoms with Gasteiger partial charge >= 0.3 is 12.1 Å². The number of rotatable bonds is 7. The Morgan fingerprint density at radius 2 is 2.23 bits per heavy atom. The highest BCUT2D eigenvalue weighted by Crippen LogP contribution is 2.14. The molecule has 0 aliphatic carbocycles. The molecule has 0 aromatic carbocycles. The minimum atomic E-state index is -4.40. The van der Waals surface area contributed by atoms with E-state index in [4.69, 9.17) is 5.73 Å². The fourth-order valence-electron chi connectivity index (χ4n) is 1.54. The normalized spacial score (nSPS) is 12.3. The lowest BCUT2D eigenvalue weighted by Crippen LogP contribution is -2.25. The third-order valence-corrected chi connectivity index (χ3v) is 2.57. The number of alkyl halides is 3. The minimum absolute atomic E-state index is 0.267. The SMILES string of the molecule is COC(=O)CCCCn1ccc(NC(N)=NCC(F)(F)F)n1. The van der Waals surface area contributed by atoms with E-state index in [-0.39, 0.29) is 11.9 Å². The monoisotopic (exact) mass is 321 g/mol. The molecule has 22 heavy (non-hydrogen) atoms. The number of nitrogens with one attached hydrogen (secondary N) is 1. The molecule has 0 aliphatic heterocycles. The number of aromatic nitrogens is 2. The van der Waals surface area contributed by atoms with Gasteiger partial charge < -0.3 is 15.8 Å². The van der Waals surface area contributed by atoms with Gasteiger partial charge in [-0.25, -0.2) is 4.99 Å². The Kier molecular flexibility index (Phi) is 6.67. The topological polar surface area (TPSA) is 94.5 Å². The van der Waals surface area contributed by atoms with Crippen LogP contribution in [0.1, 0.15) is 19.3 Å². The van der Waals surface area contributed by atoms with Crippen LogP contribution >= 0.6 is 0 Å². The molecule has 1 rings (SSSR count). The van der Waals surface area contributed by atoms with Crippen LogP contribution in [0, 0.1) is 0 Å². The molecule has 0 aliphatic rings. The molecule has 1 aromatic rings. The van der Waals surface area contributed by atoms with Crippen LogP contribution in [0.5, 0.6) is 0 Å². The summed E-state index contributed by atoms with van der Waals surface area (Å²) in [6, 6.07) is 1.57. The predicted molar refractivity (Wildman–Crippen MR) is 74.3 cm³/mol. The van der Waals surface area contributed by atoms with Gasteiger partial charge in [0.25, 0.3) is 0 Å². The largest absolute Gasteiger partial charge is 0.469 e. The van der Waals surface area contributed by atoms with Gasteiger partial charge in [0, 0.05) is 25.2 Å². The first kappa shape index (κ1) is 17.8. The Morgan fingerprint density at radius 3 is 2.86 bits per heavy atom. The van der Waals surface area contributed by atoms with Crippen LogP contribution in [0.3, 0.4) is 0 Å². The molecule has 124 valence electrons. The number of methoxy groups -OCH3 is 1. The van der Waals surface area contributed by atoms with E-state index >= 15 is 0 Å². The van der Waals surface area contributed by atoms with Gasteiger partial charge in [-0.05, 0) is 12.8 Å². The van der Waals surface area contributed by atoms with Crippen LogP contribution in [0.4, 0.5) is 19.0 Å². The van der Waals surface area contributed by atoms with E-state index in [0.29, 0.717) is 31.6 Å². The molecular formula is C12H18F3N5O2. The lowest BCUT2D eigenvalue weighted by molar-refractivity contribution is -0.140. The van der Waals surface area contributed by atoms with Gasteiger partial charge in [-0.3, -0.25) is 9.48 Å². The molecule has 0 saturated carbocycles. The van der Waals surface area contributed by atoms with Crippen molar-refractivity contribution in [2.24, 2.45) is 10.7 Å². The van der Waals surface area contributed by atoms with E-state index in [1.807, 2.05) is 0 Å². The van der Waals surface area contributed by atoms with E-state index in [0.717, 1.165) is 0 Å². The lowest BCUT2D eigenvalue weighted by Gasteiger charge is -2.05. The van der Waals surface area contributed by atoms with Crippen molar-refractivity contribution in [3.05, 3.63) is 12.3 Å². The van der Waals surface area contributed by atoms with Crippen molar-refractivity contribution < 1.29 is 22.7 Å². The second kappa shape index (κ2) is 8.25. The average molecular weight is 321 g/mol. The Morgan fingerprint density at radius 1 is 1.50 bits per heavy atom. The first-order valence-corrected chi connectivity index (χ1v) is 6.54. The summed E-state index contributed by atoms with van der Waals surface area (Å²) in [5, 5.41) is 6.55. The molecule has 0 atom stereocenters. The number of anilines is 1. The number of nitrogens with zero attached hydrogens (tertiary/aromatic N) is 3. The average Bonchev–Trinajstić information content (AvgIpc) is 2.88. The highest BCUT2D eigenvalue weighted by atomic mass is 19.4. The molecule has 3 N–H and O–H groups in total. The summed E-state index contributed by atoms with van der Waals surface area (Å²) < 4.78 is 42.0. The fraction of sp³-hybridized carbons (Fsp3) is 0.583. The zero-order valence-corrected chi connectivity index (χ0v) is 12.1. The summed E-state index contributed by atoms with van der Waals surface area (Å²) in [7, 11) is 1.33. The van der Waals surface area contributed by atoms with Crippen molar-refractivity contribution >= 4 is 17.7 Å². The zero-order valence-electron chi connectivity index (χ0n) is 12.1. The number of hydrogen-bond donors (Lipinski definition) is 2. The number of aliphatic imine (C=N–C) groups is 1. The minimum Gasteiger partial charge on any atom is -0.469 e. The number of esters is 1. The van der Waals surface area contributed by atoms with Crippen molar-refractivity contribution in [2.75, 3.05) is 19.0 Å². The van der Waals surface area contributed by atoms with Gasteiger partial charge in [0.15, 0.2) is 11.8 Å². The first-order chi connectivity index (χ1) is 10.3. The van der Waals surface area contributed by atoms with E-state index in [9.17, 15) is 18.0 Å². The van der Waals surface area contributed by atoms with Gasteiger partial charge in [0.1, 0.15) is 6.54 Å². The van der Waals surface area contributed by atoms with Crippen molar-refractivity contribution in [2.45, 2.75) is 32.0 Å². The van der Waals surface area contributed by atoms with Gasteiger partial charge in [-0.2, -0.15) is 18.3 Å². The first-order valence-electron chi connectivity index (χ1n) is 6.54. The standard InChI is InChI=1S/C12H18F3N5O2/c1-22-10(21)4-2-3-6-20-7-5-9(19-20)18-11(16)17-8-12(13,14)15/h5,7H,2-4,6,8H2,1H3,(H3,16,17,18,19). The Labute approximate surface area is 125 Å². The summed E-state index contributed by atoms with van der Waals surface area (Å²) >= 11 is 0. The van der Waals surface area contributed by atoms with Gasteiger partial charge in [0.05, 0.1) is 7.11 Å². The van der Waals surface area contributed by atoms with Crippen LogP contribution in [-0.2, 0) is 16.1 Å². The Balaban J connectivity index is 2.36. The van der Waals surface area contributed by atoms with Gasteiger partial charge in [0.2, 0.25) is 0 Å². The second-order valence-corrected chi connectivity index (χ2v) is 4.44. The quantitative estimate of drug-likeness (QED) is 0.344. The maximum Gasteiger partial charge on any atom is 0.408 e. The number of guanidine groups is 1. The maximum atomic E-state index is 12.0. The number of ether oxygens (including phenoxy) is 1. The van der Waals surface area contributed by atoms with Crippen LogP contribution in [0.2, 0.25) is 0 Å². The molecule has 10 heteroatoms. The highest BCUT2D eigenvalue weighted by Gasteiger charge is 2.26. The molecular weight excluding hydrogens is 303 g/mol. The summed E-state index contributed by atoms with van der Waals surface area (Å²) in [6.45, 7) is -0.779. The van der Waals surface area contributed by atoms with E-state index in [2.05, 4.69) is 20.1 Å². The molecule has 0 spiro atoms. The Hall–Kier alpha value is -2.26. The van der Waals surface area contributed by atoms with Crippen LogP contribution in [-0.4, -0.2) is 41.5 Å². The lowest BCUT2D eigenvalue weighted by atomic mass is 10.2. The van der Waals surface area contributed by atoms with Crippen molar-refractivity contribution in [1.82, 2.24) is 9.78 Å². The summed E-state index contributed by atoms with van der Waals surface area (Å²) in [5.41, 5.74) is 5.33. The molecule has 0 saturated heterocycles. The zero-order chi connectivity index (χ0) is 16.6. The molecule has 0 radical (unpaired) electrons. The van der Waals surface area contributed by atoms with E-state index in [1.54, 1.807) is 16.9 Å². The number of halogens is 3. The third kappa shape index (κ3) is 7.50. The molecule has 7 nitrogen and oxygen atoms in total. The number of carbonyl (C=O) groups is 1. The van der Waals surface area contributed by atoms with Crippen molar-refractivity contribution in [3.8, 4) is 0 Å². The fourth-order valence-corrected chi connectivity index (χ4v) is 1.54. The number of hydrogen-bond acceptors (Lipinski definition) is 4. The second-order valence-electron chi connectivity index (χ2n) is 4.44. The summed E-state index contributed by atoms with van der Waals surface area (Å²) in [4.78, 5) is 14.1. The Bertz CT molecular complexity index is 513. The summed E-state index contributed by atoms with van der Waals surface area (Å²) in [6.07, 6.45) is -1.04. The molecule has 1 heterocycles. The number of nitrogens with two attached hydrogens (primary N) is 1. The van der Waals surface area contributed by atoms with E-state index in [1.165, 1.54) is 7.11 Å². The van der Waals surface area contributed by atoms with E-state index < -0.39 is 12.7 Å². The molecule has 1 aromatic heterocycles.